The number of morpholine rings is 1. The lowest BCUT2D eigenvalue weighted by molar-refractivity contribution is -0.0391. The molecule has 0 amide bonds. The topological polar surface area (TPSA) is 80.1 Å². The number of H-pyrrole nitrogens is 1. The first-order valence-electron chi connectivity index (χ1n) is 7.00. The second-order valence-corrected chi connectivity index (χ2v) is 4.96. The first-order valence-corrected chi connectivity index (χ1v) is 7.00. The predicted molar refractivity (Wildman–Crippen MR) is 70.9 cm³/mol. The molecule has 1 fully saturated rings. The standard InChI is InChI=1S/C13H19N5O2/c1-2-3-12-15-13(17-16-12)11-9-18(6-7-19-11)8-10-4-5-14-20-10/h4-5,11H,2-3,6-9H2,1H3,(H,15,16,17). The lowest BCUT2D eigenvalue weighted by atomic mass is 10.2. The lowest BCUT2D eigenvalue weighted by Crippen LogP contribution is -2.38. The monoisotopic (exact) mass is 277 g/mol. The van der Waals surface area contributed by atoms with Gasteiger partial charge in [-0.15, -0.1) is 0 Å². The van der Waals surface area contributed by atoms with Gasteiger partial charge in [0.15, 0.2) is 11.6 Å². The maximum atomic E-state index is 5.77. The summed E-state index contributed by atoms with van der Waals surface area (Å²) < 4.78 is 10.9. The summed E-state index contributed by atoms with van der Waals surface area (Å²) in [6.45, 7) is 5.19. The Labute approximate surface area is 117 Å². The van der Waals surface area contributed by atoms with Crippen LogP contribution in [0.15, 0.2) is 16.8 Å². The van der Waals surface area contributed by atoms with E-state index in [2.05, 4.69) is 32.2 Å². The van der Waals surface area contributed by atoms with Crippen LogP contribution in [0.25, 0.3) is 0 Å². The van der Waals surface area contributed by atoms with E-state index in [1.54, 1.807) is 6.20 Å². The van der Waals surface area contributed by atoms with Crippen molar-refractivity contribution in [1.82, 2.24) is 25.2 Å². The zero-order valence-electron chi connectivity index (χ0n) is 11.6. The molecule has 1 aliphatic heterocycles. The largest absolute Gasteiger partial charge is 0.367 e. The van der Waals surface area contributed by atoms with Crippen molar-refractivity contribution >= 4 is 0 Å². The molecule has 3 heterocycles. The summed E-state index contributed by atoms with van der Waals surface area (Å²) in [4.78, 5) is 6.77. The molecule has 0 saturated carbocycles. The molecule has 1 aliphatic rings. The number of nitrogens with one attached hydrogen (secondary N) is 1. The Bertz CT molecular complexity index is 525. The van der Waals surface area contributed by atoms with Crippen molar-refractivity contribution in [2.75, 3.05) is 19.7 Å². The van der Waals surface area contributed by atoms with Gasteiger partial charge in [-0.05, 0) is 6.42 Å². The summed E-state index contributed by atoms with van der Waals surface area (Å²) in [6, 6.07) is 1.89. The lowest BCUT2D eigenvalue weighted by Gasteiger charge is -2.30. The summed E-state index contributed by atoms with van der Waals surface area (Å²) >= 11 is 0. The molecule has 1 N–H and O–H groups in total. The number of rotatable bonds is 5. The summed E-state index contributed by atoms with van der Waals surface area (Å²) in [5.74, 6) is 2.54. The van der Waals surface area contributed by atoms with Crippen molar-refractivity contribution < 1.29 is 9.26 Å². The van der Waals surface area contributed by atoms with Crippen LogP contribution in [-0.2, 0) is 17.7 Å². The van der Waals surface area contributed by atoms with Crippen molar-refractivity contribution in [2.24, 2.45) is 0 Å². The molecular weight excluding hydrogens is 258 g/mol. The summed E-state index contributed by atoms with van der Waals surface area (Å²) in [7, 11) is 0. The highest BCUT2D eigenvalue weighted by Gasteiger charge is 2.25. The van der Waals surface area contributed by atoms with Gasteiger partial charge in [0.05, 0.1) is 19.3 Å². The van der Waals surface area contributed by atoms with E-state index < -0.39 is 0 Å². The fourth-order valence-corrected chi connectivity index (χ4v) is 2.35. The number of aromatic nitrogens is 4. The highest BCUT2D eigenvalue weighted by Crippen LogP contribution is 2.20. The average Bonchev–Trinajstić information content (AvgIpc) is 3.11. The average molecular weight is 277 g/mol. The van der Waals surface area contributed by atoms with E-state index in [4.69, 9.17) is 9.26 Å². The Hall–Kier alpha value is -1.73. The minimum atomic E-state index is -0.0754. The fraction of sp³-hybridized carbons (Fsp3) is 0.615. The Balaban J connectivity index is 1.62. The van der Waals surface area contributed by atoms with Gasteiger partial charge in [-0.1, -0.05) is 12.1 Å². The number of ether oxygens (including phenoxy) is 1. The third kappa shape index (κ3) is 3.05. The maximum absolute atomic E-state index is 5.77. The minimum Gasteiger partial charge on any atom is -0.367 e. The maximum Gasteiger partial charge on any atom is 0.180 e. The van der Waals surface area contributed by atoms with Crippen LogP contribution >= 0.6 is 0 Å². The van der Waals surface area contributed by atoms with Crippen LogP contribution < -0.4 is 0 Å². The second-order valence-electron chi connectivity index (χ2n) is 4.96. The molecule has 108 valence electrons. The molecule has 7 nitrogen and oxygen atoms in total. The van der Waals surface area contributed by atoms with Crippen molar-refractivity contribution in [1.29, 1.82) is 0 Å². The smallest absolute Gasteiger partial charge is 0.180 e. The van der Waals surface area contributed by atoms with Crippen LogP contribution in [0, 0.1) is 0 Å². The van der Waals surface area contributed by atoms with Gasteiger partial charge >= 0.3 is 0 Å². The Morgan fingerprint density at radius 1 is 1.50 bits per heavy atom. The molecule has 1 saturated heterocycles. The first kappa shape index (κ1) is 13.3. The quantitative estimate of drug-likeness (QED) is 0.887. The number of aryl methyl sites for hydroxylation is 1. The zero-order chi connectivity index (χ0) is 13.8. The summed E-state index contributed by atoms with van der Waals surface area (Å²) in [5.41, 5.74) is 0. The number of nitrogens with zero attached hydrogens (tertiary/aromatic N) is 4. The van der Waals surface area contributed by atoms with Crippen molar-refractivity contribution in [3.63, 3.8) is 0 Å². The molecule has 0 spiro atoms. The Morgan fingerprint density at radius 3 is 3.25 bits per heavy atom. The number of aromatic amines is 1. The Morgan fingerprint density at radius 2 is 2.45 bits per heavy atom. The van der Waals surface area contributed by atoms with Gasteiger partial charge < -0.3 is 9.26 Å². The number of hydrogen-bond donors (Lipinski definition) is 1. The van der Waals surface area contributed by atoms with Gasteiger partial charge in [0, 0.05) is 25.6 Å². The SMILES string of the molecule is CCCc1nc(C2CN(Cc3ccno3)CCO2)n[nH]1. The summed E-state index contributed by atoms with van der Waals surface area (Å²) in [5, 5.41) is 11.0. The van der Waals surface area contributed by atoms with Crippen LogP contribution in [0.4, 0.5) is 0 Å². The summed E-state index contributed by atoms with van der Waals surface area (Å²) in [6.07, 6.45) is 3.56. The third-order valence-electron chi connectivity index (χ3n) is 3.35. The van der Waals surface area contributed by atoms with Gasteiger partial charge in [0.2, 0.25) is 0 Å². The van der Waals surface area contributed by atoms with Crippen LogP contribution in [0.5, 0.6) is 0 Å². The van der Waals surface area contributed by atoms with Gasteiger partial charge in [-0.3, -0.25) is 10.00 Å². The van der Waals surface area contributed by atoms with Crippen molar-refractivity contribution in [2.45, 2.75) is 32.4 Å². The van der Waals surface area contributed by atoms with Crippen LogP contribution in [0.2, 0.25) is 0 Å². The van der Waals surface area contributed by atoms with Gasteiger partial charge in [0.1, 0.15) is 11.9 Å². The molecule has 0 aromatic carbocycles. The molecule has 0 aliphatic carbocycles. The molecule has 0 bridgehead atoms. The predicted octanol–water partition coefficient (Wildman–Crippen LogP) is 1.32. The molecule has 1 unspecified atom stereocenters. The third-order valence-corrected chi connectivity index (χ3v) is 3.35. The van der Waals surface area contributed by atoms with Gasteiger partial charge in [-0.25, -0.2) is 4.98 Å². The van der Waals surface area contributed by atoms with E-state index in [0.29, 0.717) is 6.61 Å². The normalized spacial score (nSPS) is 20.4. The van der Waals surface area contributed by atoms with E-state index in [9.17, 15) is 0 Å². The highest BCUT2D eigenvalue weighted by molar-refractivity contribution is 4.98. The van der Waals surface area contributed by atoms with Crippen molar-refractivity contribution in [3.05, 3.63) is 29.7 Å². The van der Waals surface area contributed by atoms with Gasteiger partial charge in [0.25, 0.3) is 0 Å². The van der Waals surface area contributed by atoms with E-state index in [-0.39, 0.29) is 6.10 Å². The molecule has 1 atom stereocenters. The molecular formula is C13H19N5O2. The van der Waals surface area contributed by atoms with Gasteiger partial charge in [-0.2, -0.15) is 5.10 Å². The molecule has 2 aromatic heterocycles. The first-order chi connectivity index (χ1) is 9.85. The van der Waals surface area contributed by atoms with Crippen LogP contribution in [0.1, 0.15) is 36.9 Å². The molecule has 3 rings (SSSR count). The zero-order valence-corrected chi connectivity index (χ0v) is 11.6. The molecule has 7 heteroatoms. The van der Waals surface area contributed by atoms with E-state index >= 15 is 0 Å². The Kier molecular flexibility index (Phi) is 4.08. The minimum absolute atomic E-state index is 0.0754. The number of hydrogen-bond acceptors (Lipinski definition) is 6. The van der Waals surface area contributed by atoms with E-state index in [1.165, 1.54) is 0 Å². The highest BCUT2D eigenvalue weighted by atomic mass is 16.5. The molecule has 2 aromatic rings. The van der Waals surface area contributed by atoms with E-state index in [1.807, 2.05) is 6.07 Å². The van der Waals surface area contributed by atoms with E-state index in [0.717, 1.165) is 49.9 Å². The van der Waals surface area contributed by atoms with Crippen LogP contribution in [0.3, 0.4) is 0 Å². The van der Waals surface area contributed by atoms with Crippen LogP contribution in [-0.4, -0.2) is 44.9 Å². The van der Waals surface area contributed by atoms with Crippen molar-refractivity contribution in [3.8, 4) is 0 Å². The molecule has 20 heavy (non-hydrogen) atoms. The second kappa shape index (κ2) is 6.15. The molecule has 0 radical (unpaired) electrons. The fourth-order valence-electron chi connectivity index (χ4n) is 2.35.